The smallest absolute Gasteiger partial charge is 0.0299 e. The van der Waals surface area contributed by atoms with Crippen LogP contribution in [0.25, 0.3) is 21.5 Å². The summed E-state index contributed by atoms with van der Waals surface area (Å²) < 4.78 is 0. The summed E-state index contributed by atoms with van der Waals surface area (Å²) in [4.78, 5) is 0. The molecule has 5 rings (SSSR count). The lowest BCUT2D eigenvalue weighted by molar-refractivity contribution is 0.639. The van der Waals surface area contributed by atoms with E-state index < -0.39 is 0 Å². The van der Waals surface area contributed by atoms with E-state index in [0.29, 0.717) is 23.6 Å². The van der Waals surface area contributed by atoms with E-state index in [2.05, 4.69) is 48.5 Å². The maximum absolute atomic E-state index is 6.29. The first-order chi connectivity index (χ1) is 9.86. The number of hydrogen-bond acceptors (Lipinski definition) is 0. The van der Waals surface area contributed by atoms with E-state index in [0.717, 1.165) is 0 Å². The SMILES string of the molecule is ClCC1c2c3ccccc3c(c3ccccc23)C1CCl. The Morgan fingerprint density at radius 3 is 1.15 bits per heavy atom. The second kappa shape index (κ2) is 4.65. The van der Waals surface area contributed by atoms with E-state index in [-0.39, 0.29) is 0 Å². The molecule has 0 amide bonds. The molecule has 0 saturated carbocycles. The molecule has 2 unspecified atom stereocenters. The van der Waals surface area contributed by atoms with Crippen molar-refractivity contribution in [2.45, 2.75) is 11.8 Å². The van der Waals surface area contributed by atoms with Crippen molar-refractivity contribution in [3.63, 3.8) is 0 Å². The maximum atomic E-state index is 6.29. The fourth-order valence-electron chi connectivity index (χ4n) is 3.77. The van der Waals surface area contributed by atoms with Crippen LogP contribution in [-0.4, -0.2) is 11.8 Å². The van der Waals surface area contributed by atoms with E-state index in [1.165, 1.54) is 32.7 Å². The number of alkyl halides is 2. The lowest BCUT2D eigenvalue weighted by Gasteiger charge is -2.35. The summed E-state index contributed by atoms with van der Waals surface area (Å²) >= 11 is 12.6. The van der Waals surface area contributed by atoms with Gasteiger partial charge >= 0.3 is 0 Å². The van der Waals surface area contributed by atoms with Crippen molar-refractivity contribution >= 4 is 44.7 Å². The van der Waals surface area contributed by atoms with Crippen LogP contribution in [0.4, 0.5) is 0 Å². The summed E-state index contributed by atoms with van der Waals surface area (Å²) in [5.74, 6) is 1.90. The fraction of sp³-hybridized carbons (Fsp3) is 0.222. The number of rotatable bonds is 2. The van der Waals surface area contributed by atoms with Gasteiger partial charge in [-0.15, -0.1) is 23.2 Å². The second-order valence-corrected chi connectivity index (χ2v) is 6.06. The van der Waals surface area contributed by atoms with E-state index in [1.807, 2.05) is 0 Å². The highest BCUT2D eigenvalue weighted by molar-refractivity contribution is 6.21. The zero-order valence-electron chi connectivity index (χ0n) is 10.9. The molecule has 2 aliphatic rings. The third kappa shape index (κ3) is 1.50. The molecule has 0 saturated heterocycles. The largest absolute Gasteiger partial charge is 0.126 e. The molecule has 20 heavy (non-hydrogen) atoms. The minimum atomic E-state index is 0.328. The van der Waals surface area contributed by atoms with Gasteiger partial charge in [0.15, 0.2) is 0 Å². The van der Waals surface area contributed by atoms with Crippen molar-refractivity contribution in [2.24, 2.45) is 0 Å². The summed E-state index contributed by atoms with van der Waals surface area (Å²) in [5.41, 5.74) is 2.76. The number of halogens is 2. The molecule has 2 atom stereocenters. The first kappa shape index (κ1) is 12.5. The predicted octanol–water partition coefficient (Wildman–Crippen LogP) is 5.65. The molecule has 0 aliphatic heterocycles. The zero-order chi connectivity index (χ0) is 13.7. The summed E-state index contributed by atoms with van der Waals surface area (Å²) in [5, 5.41) is 5.36. The average molecular weight is 301 g/mol. The van der Waals surface area contributed by atoms with Crippen LogP contribution in [0.1, 0.15) is 23.0 Å². The van der Waals surface area contributed by atoms with Gasteiger partial charge in [-0.3, -0.25) is 0 Å². The Morgan fingerprint density at radius 2 is 0.900 bits per heavy atom. The minimum absolute atomic E-state index is 0.328. The van der Waals surface area contributed by atoms with Crippen LogP contribution < -0.4 is 0 Å². The Hall–Kier alpha value is -1.24. The van der Waals surface area contributed by atoms with E-state index >= 15 is 0 Å². The molecule has 2 heteroatoms. The van der Waals surface area contributed by atoms with E-state index in [1.54, 1.807) is 0 Å². The third-order valence-corrected chi connectivity index (χ3v) is 5.24. The van der Waals surface area contributed by atoms with Gasteiger partial charge in [-0.1, -0.05) is 48.5 Å². The summed E-state index contributed by atoms with van der Waals surface area (Å²) in [6.07, 6.45) is 0. The van der Waals surface area contributed by atoms with Crippen LogP contribution in [0.3, 0.4) is 0 Å². The quantitative estimate of drug-likeness (QED) is 0.424. The number of hydrogen-bond donors (Lipinski definition) is 0. The average Bonchev–Trinajstić information content (AvgIpc) is 2.53. The molecule has 100 valence electrons. The molecule has 0 aromatic heterocycles. The zero-order valence-corrected chi connectivity index (χ0v) is 12.5. The van der Waals surface area contributed by atoms with Crippen molar-refractivity contribution in [1.29, 1.82) is 0 Å². The predicted molar refractivity (Wildman–Crippen MR) is 88.4 cm³/mol. The first-order valence-corrected chi connectivity index (χ1v) is 7.99. The Bertz CT molecular complexity index is 682. The number of fused-ring (bicyclic) bond motifs is 1. The summed E-state index contributed by atoms with van der Waals surface area (Å²) in [6.45, 7) is 0. The van der Waals surface area contributed by atoms with Gasteiger partial charge in [0.2, 0.25) is 0 Å². The molecule has 3 aromatic carbocycles. The Labute approximate surface area is 128 Å². The molecule has 2 aliphatic carbocycles. The Kier molecular flexibility index (Phi) is 2.90. The van der Waals surface area contributed by atoms with Gasteiger partial charge in [-0.25, -0.2) is 0 Å². The van der Waals surface area contributed by atoms with Crippen LogP contribution in [0.5, 0.6) is 0 Å². The Balaban J connectivity index is 2.27. The molecule has 0 N–H and O–H groups in total. The second-order valence-electron chi connectivity index (χ2n) is 5.44. The molecular weight excluding hydrogens is 287 g/mol. The van der Waals surface area contributed by atoms with Crippen LogP contribution >= 0.6 is 23.2 Å². The van der Waals surface area contributed by atoms with Gasteiger partial charge < -0.3 is 0 Å². The van der Waals surface area contributed by atoms with E-state index in [9.17, 15) is 0 Å². The first-order valence-electron chi connectivity index (χ1n) is 6.92. The topological polar surface area (TPSA) is 0 Å². The fourth-order valence-corrected chi connectivity index (χ4v) is 4.51. The molecular formula is C18H14Cl2. The van der Waals surface area contributed by atoms with Crippen molar-refractivity contribution in [1.82, 2.24) is 0 Å². The lowest BCUT2D eigenvalue weighted by Crippen LogP contribution is -2.21. The van der Waals surface area contributed by atoms with Crippen molar-refractivity contribution in [3.05, 3.63) is 59.7 Å². The molecule has 0 nitrogen and oxygen atoms in total. The molecule has 0 heterocycles. The Morgan fingerprint density at radius 1 is 0.600 bits per heavy atom. The van der Waals surface area contributed by atoms with Gasteiger partial charge in [0.1, 0.15) is 0 Å². The summed E-state index contributed by atoms with van der Waals surface area (Å²) in [7, 11) is 0. The molecule has 2 bridgehead atoms. The van der Waals surface area contributed by atoms with Crippen LogP contribution in [0.2, 0.25) is 0 Å². The van der Waals surface area contributed by atoms with Gasteiger partial charge in [0, 0.05) is 23.6 Å². The van der Waals surface area contributed by atoms with Crippen molar-refractivity contribution < 1.29 is 0 Å². The third-order valence-electron chi connectivity index (χ3n) is 4.57. The van der Waals surface area contributed by atoms with Crippen molar-refractivity contribution in [2.75, 3.05) is 11.8 Å². The normalized spacial score (nSPS) is 20.9. The van der Waals surface area contributed by atoms with Crippen LogP contribution in [0, 0.1) is 0 Å². The molecule has 0 fully saturated rings. The maximum Gasteiger partial charge on any atom is 0.0299 e. The lowest BCUT2D eigenvalue weighted by atomic mass is 9.70. The molecule has 0 spiro atoms. The number of benzene rings is 3. The molecule has 3 aromatic rings. The summed E-state index contributed by atoms with van der Waals surface area (Å²) in [6, 6.07) is 17.3. The van der Waals surface area contributed by atoms with E-state index in [4.69, 9.17) is 23.2 Å². The highest BCUT2D eigenvalue weighted by Crippen LogP contribution is 2.51. The van der Waals surface area contributed by atoms with Crippen LogP contribution in [0.15, 0.2) is 48.5 Å². The molecule has 0 radical (unpaired) electrons. The van der Waals surface area contributed by atoms with Gasteiger partial charge in [0.05, 0.1) is 0 Å². The van der Waals surface area contributed by atoms with Crippen molar-refractivity contribution in [3.8, 4) is 0 Å². The highest BCUT2D eigenvalue weighted by atomic mass is 35.5. The van der Waals surface area contributed by atoms with Gasteiger partial charge in [-0.2, -0.15) is 0 Å². The van der Waals surface area contributed by atoms with Gasteiger partial charge in [0.25, 0.3) is 0 Å². The van der Waals surface area contributed by atoms with Gasteiger partial charge in [-0.05, 0) is 32.7 Å². The minimum Gasteiger partial charge on any atom is -0.126 e. The van der Waals surface area contributed by atoms with Crippen LogP contribution in [-0.2, 0) is 0 Å². The monoisotopic (exact) mass is 300 g/mol. The highest BCUT2D eigenvalue weighted by Gasteiger charge is 2.35. The standard InChI is InChI=1S/C18H14Cl2/c19-9-15-16(10-20)18-12-6-2-1-5-11(12)17(15)13-7-3-4-8-14(13)18/h1-8,15-16H,9-10H2.